The van der Waals surface area contributed by atoms with Crippen LogP contribution in [0, 0.1) is 18.3 Å². The normalized spacial score (nSPS) is 10.2. The van der Waals surface area contributed by atoms with E-state index in [0.717, 1.165) is 0 Å². The zero-order chi connectivity index (χ0) is 11.0. The van der Waals surface area contributed by atoms with Crippen LogP contribution >= 0.6 is 11.6 Å². The van der Waals surface area contributed by atoms with Crippen LogP contribution in [0.15, 0.2) is 27.4 Å². The standard InChI is InChI=1S/C11H6ClNO2/c1-6-7(5-13)11(14)15-9-4-2-3-8(12)10(6)9/h2-4H,1H3. The number of nitriles is 1. The van der Waals surface area contributed by atoms with Gasteiger partial charge in [0.15, 0.2) is 0 Å². The van der Waals surface area contributed by atoms with Crippen LogP contribution in [0.2, 0.25) is 5.02 Å². The van der Waals surface area contributed by atoms with Crippen molar-refractivity contribution in [3.05, 3.63) is 44.8 Å². The van der Waals surface area contributed by atoms with E-state index in [2.05, 4.69) is 0 Å². The summed E-state index contributed by atoms with van der Waals surface area (Å²) in [6, 6.07) is 6.85. The van der Waals surface area contributed by atoms with Gasteiger partial charge in [0, 0.05) is 5.39 Å². The van der Waals surface area contributed by atoms with E-state index in [1.54, 1.807) is 25.1 Å². The largest absolute Gasteiger partial charge is 0.422 e. The van der Waals surface area contributed by atoms with Gasteiger partial charge in [-0.1, -0.05) is 17.7 Å². The summed E-state index contributed by atoms with van der Waals surface area (Å²) in [4.78, 5) is 11.4. The summed E-state index contributed by atoms with van der Waals surface area (Å²) in [6.07, 6.45) is 0. The average Bonchev–Trinajstić information content (AvgIpc) is 2.17. The van der Waals surface area contributed by atoms with Gasteiger partial charge < -0.3 is 4.42 Å². The Hall–Kier alpha value is -1.79. The number of hydrogen-bond acceptors (Lipinski definition) is 3. The smallest absolute Gasteiger partial charge is 0.354 e. The molecule has 74 valence electrons. The summed E-state index contributed by atoms with van der Waals surface area (Å²) in [6.45, 7) is 1.68. The lowest BCUT2D eigenvalue weighted by Crippen LogP contribution is -2.06. The molecule has 0 atom stereocenters. The summed E-state index contributed by atoms with van der Waals surface area (Å²) >= 11 is 5.97. The van der Waals surface area contributed by atoms with Gasteiger partial charge in [0.1, 0.15) is 17.2 Å². The third kappa shape index (κ3) is 1.39. The van der Waals surface area contributed by atoms with E-state index in [-0.39, 0.29) is 5.56 Å². The number of hydrogen-bond donors (Lipinski definition) is 0. The topological polar surface area (TPSA) is 54.0 Å². The molecule has 0 bridgehead atoms. The summed E-state index contributed by atoms with van der Waals surface area (Å²) in [5.74, 6) is 0. The highest BCUT2D eigenvalue weighted by molar-refractivity contribution is 6.35. The van der Waals surface area contributed by atoms with Gasteiger partial charge in [0.2, 0.25) is 0 Å². The lowest BCUT2D eigenvalue weighted by molar-refractivity contribution is 0.557. The van der Waals surface area contributed by atoms with Crippen molar-refractivity contribution in [3.63, 3.8) is 0 Å². The van der Waals surface area contributed by atoms with Gasteiger partial charge in [-0.25, -0.2) is 4.79 Å². The van der Waals surface area contributed by atoms with E-state index >= 15 is 0 Å². The molecule has 0 N–H and O–H groups in total. The van der Waals surface area contributed by atoms with Crippen molar-refractivity contribution in [1.29, 1.82) is 5.26 Å². The van der Waals surface area contributed by atoms with Gasteiger partial charge in [-0.05, 0) is 24.6 Å². The molecule has 2 aromatic rings. The van der Waals surface area contributed by atoms with Crippen molar-refractivity contribution in [3.8, 4) is 6.07 Å². The van der Waals surface area contributed by atoms with Crippen molar-refractivity contribution in [2.75, 3.05) is 0 Å². The molecule has 0 saturated carbocycles. The molecular formula is C11H6ClNO2. The minimum atomic E-state index is -0.621. The van der Waals surface area contributed by atoms with Crippen molar-refractivity contribution in [1.82, 2.24) is 0 Å². The van der Waals surface area contributed by atoms with Crippen LogP contribution in [0.3, 0.4) is 0 Å². The summed E-state index contributed by atoms with van der Waals surface area (Å²) < 4.78 is 4.98. The lowest BCUT2D eigenvalue weighted by Gasteiger charge is -2.03. The maximum Gasteiger partial charge on any atom is 0.354 e. The van der Waals surface area contributed by atoms with Gasteiger partial charge in [-0.3, -0.25) is 0 Å². The lowest BCUT2D eigenvalue weighted by atomic mass is 10.1. The van der Waals surface area contributed by atoms with Crippen LogP contribution in [0.25, 0.3) is 11.0 Å². The zero-order valence-corrected chi connectivity index (χ0v) is 8.63. The van der Waals surface area contributed by atoms with Gasteiger partial charge in [0.25, 0.3) is 0 Å². The molecule has 2 rings (SSSR count). The second kappa shape index (κ2) is 3.41. The number of fused-ring (bicyclic) bond motifs is 1. The molecule has 1 aromatic heterocycles. The van der Waals surface area contributed by atoms with Crippen molar-refractivity contribution in [2.24, 2.45) is 0 Å². The van der Waals surface area contributed by atoms with Crippen molar-refractivity contribution >= 4 is 22.6 Å². The third-order valence-electron chi connectivity index (χ3n) is 2.24. The van der Waals surface area contributed by atoms with Gasteiger partial charge >= 0.3 is 5.63 Å². The van der Waals surface area contributed by atoms with E-state index < -0.39 is 5.63 Å². The summed E-state index contributed by atoms with van der Waals surface area (Å²) in [5.41, 5.74) is 0.360. The molecule has 0 aliphatic heterocycles. The molecular weight excluding hydrogens is 214 g/mol. The molecule has 0 aliphatic rings. The number of benzene rings is 1. The Kier molecular flexibility index (Phi) is 2.22. The first-order valence-electron chi connectivity index (χ1n) is 4.27. The first-order chi connectivity index (χ1) is 7.15. The molecule has 0 radical (unpaired) electrons. The molecule has 0 saturated heterocycles. The Morgan fingerprint density at radius 3 is 2.87 bits per heavy atom. The maximum absolute atomic E-state index is 11.4. The Bertz CT molecular complexity index is 637. The van der Waals surface area contributed by atoms with E-state index in [4.69, 9.17) is 21.3 Å². The quantitative estimate of drug-likeness (QED) is 0.640. The number of rotatable bonds is 0. The molecule has 3 nitrogen and oxygen atoms in total. The van der Waals surface area contributed by atoms with Crippen molar-refractivity contribution in [2.45, 2.75) is 6.92 Å². The Labute approximate surface area is 90.5 Å². The zero-order valence-electron chi connectivity index (χ0n) is 7.87. The first kappa shape index (κ1) is 9.75. The fourth-order valence-electron chi connectivity index (χ4n) is 1.51. The molecule has 0 amide bonds. The van der Waals surface area contributed by atoms with Gasteiger partial charge in [-0.15, -0.1) is 0 Å². The van der Waals surface area contributed by atoms with Crippen LogP contribution in [0.5, 0.6) is 0 Å². The molecule has 4 heteroatoms. The maximum atomic E-state index is 11.4. The van der Waals surface area contributed by atoms with E-state index in [0.29, 0.717) is 21.6 Å². The number of aryl methyl sites for hydroxylation is 1. The van der Waals surface area contributed by atoms with Crippen LogP contribution < -0.4 is 5.63 Å². The Morgan fingerprint density at radius 1 is 1.47 bits per heavy atom. The van der Waals surface area contributed by atoms with Crippen LogP contribution in [0.4, 0.5) is 0 Å². The highest BCUT2D eigenvalue weighted by Gasteiger charge is 2.12. The average molecular weight is 220 g/mol. The molecule has 1 heterocycles. The third-order valence-corrected chi connectivity index (χ3v) is 2.56. The van der Waals surface area contributed by atoms with E-state index in [1.807, 2.05) is 6.07 Å². The second-order valence-corrected chi connectivity index (χ2v) is 3.52. The molecule has 0 spiro atoms. The van der Waals surface area contributed by atoms with Crippen molar-refractivity contribution < 1.29 is 4.42 Å². The van der Waals surface area contributed by atoms with Crippen LogP contribution in [-0.4, -0.2) is 0 Å². The minimum absolute atomic E-state index is 0.00981. The molecule has 0 aliphatic carbocycles. The summed E-state index contributed by atoms with van der Waals surface area (Å²) in [7, 11) is 0. The molecule has 0 unspecified atom stereocenters. The first-order valence-corrected chi connectivity index (χ1v) is 4.65. The molecule has 0 fully saturated rings. The minimum Gasteiger partial charge on any atom is -0.422 e. The predicted octanol–water partition coefficient (Wildman–Crippen LogP) is 2.63. The second-order valence-electron chi connectivity index (χ2n) is 3.11. The number of halogens is 1. The Balaban J connectivity index is 3.08. The predicted molar refractivity (Wildman–Crippen MR) is 56.9 cm³/mol. The molecule has 15 heavy (non-hydrogen) atoms. The fourth-order valence-corrected chi connectivity index (χ4v) is 1.82. The fraction of sp³-hybridized carbons (Fsp3) is 0.0909. The van der Waals surface area contributed by atoms with Crippen LogP contribution in [0.1, 0.15) is 11.1 Å². The van der Waals surface area contributed by atoms with Gasteiger partial charge in [0.05, 0.1) is 5.02 Å². The Morgan fingerprint density at radius 2 is 2.20 bits per heavy atom. The van der Waals surface area contributed by atoms with E-state index in [1.165, 1.54) is 0 Å². The van der Waals surface area contributed by atoms with Crippen LogP contribution in [-0.2, 0) is 0 Å². The van der Waals surface area contributed by atoms with E-state index in [9.17, 15) is 4.79 Å². The monoisotopic (exact) mass is 219 g/mol. The van der Waals surface area contributed by atoms with Gasteiger partial charge in [-0.2, -0.15) is 5.26 Å². The molecule has 1 aromatic carbocycles. The SMILES string of the molecule is Cc1c(C#N)c(=O)oc2cccc(Cl)c12. The highest BCUT2D eigenvalue weighted by Crippen LogP contribution is 2.26. The number of nitrogens with zero attached hydrogens (tertiary/aromatic N) is 1. The highest BCUT2D eigenvalue weighted by atomic mass is 35.5. The summed E-state index contributed by atoms with van der Waals surface area (Å²) in [5, 5.41) is 9.89.